The standard InChI is InChI=1S/C18H34O2/c1-4-5-6-7-10-13-16(2)14-11-8-9-12-15-17(3)18(19)20/h15-16H,4-14H2,1-3H3,(H,19,20). The van der Waals surface area contributed by atoms with Crippen LogP contribution in [0.2, 0.25) is 0 Å². The molecule has 0 amide bonds. The van der Waals surface area contributed by atoms with Crippen molar-refractivity contribution >= 4 is 5.97 Å². The minimum Gasteiger partial charge on any atom is -0.478 e. The van der Waals surface area contributed by atoms with E-state index in [0.29, 0.717) is 5.57 Å². The maximum absolute atomic E-state index is 10.6. The van der Waals surface area contributed by atoms with Gasteiger partial charge in [0.1, 0.15) is 0 Å². The number of hydrogen-bond donors (Lipinski definition) is 1. The van der Waals surface area contributed by atoms with Gasteiger partial charge < -0.3 is 5.11 Å². The average Bonchev–Trinajstić information content (AvgIpc) is 2.42. The van der Waals surface area contributed by atoms with Gasteiger partial charge in [-0.15, -0.1) is 0 Å². The highest BCUT2D eigenvalue weighted by atomic mass is 16.4. The van der Waals surface area contributed by atoms with Gasteiger partial charge in [-0.1, -0.05) is 77.7 Å². The van der Waals surface area contributed by atoms with Crippen LogP contribution >= 0.6 is 0 Å². The lowest BCUT2D eigenvalue weighted by Gasteiger charge is -2.10. The second-order valence-electron chi connectivity index (χ2n) is 6.14. The normalized spacial score (nSPS) is 13.4. The van der Waals surface area contributed by atoms with E-state index in [0.717, 1.165) is 18.8 Å². The molecule has 0 rings (SSSR count). The molecule has 0 spiro atoms. The van der Waals surface area contributed by atoms with Gasteiger partial charge in [-0.3, -0.25) is 0 Å². The fourth-order valence-electron chi connectivity index (χ4n) is 2.46. The number of rotatable bonds is 13. The molecule has 0 saturated carbocycles. The molecule has 0 aliphatic heterocycles. The topological polar surface area (TPSA) is 37.3 Å². The average molecular weight is 282 g/mol. The van der Waals surface area contributed by atoms with Crippen molar-refractivity contribution in [3.63, 3.8) is 0 Å². The Hall–Kier alpha value is -0.790. The molecule has 1 atom stereocenters. The fourth-order valence-corrected chi connectivity index (χ4v) is 2.46. The van der Waals surface area contributed by atoms with Crippen LogP contribution in [0.5, 0.6) is 0 Å². The van der Waals surface area contributed by atoms with Crippen LogP contribution in [-0.4, -0.2) is 11.1 Å². The Labute approximate surface area is 125 Å². The van der Waals surface area contributed by atoms with Gasteiger partial charge in [0.25, 0.3) is 0 Å². The summed E-state index contributed by atoms with van der Waals surface area (Å²) in [5.74, 6) is 0.0645. The SMILES string of the molecule is CCCCCCCC(C)CCCCCC=C(C)C(=O)O. The first-order valence-corrected chi connectivity index (χ1v) is 8.48. The molecule has 0 bridgehead atoms. The van der Waals surface area contributed by atoms with Crippen LogP contribution in [0.15, 0.2) is 11.6 Å². The van der Waals surface area contributed by atoms with Crippen molar-refractivity contribution in [2.24, 2.45) is 5.92 Å². The summed E-state index contributed by atoms with van der Waals surface area (Å²) in [6, 6.07) is 0. The summed E-state index contributed by atoms with van der Waals surface area (Å²) < 4.78 is 0. The van der Waals surface area contributed by atoms with Crippen LogP contribution in [0.4, 0.5) is 0 Å². The zero-order valence-corrected chi connectivity index (χ0v) is 13.8. The predicted molar refractivity (Wildman–Crippen MR) is 87.0 cm³/mol. The van der Waals surface area contributed by atoms with E-state index in [-0.39, 0.29) is 0 Å². The summed E-state index contributed by atoms with van der Waals surface area (Å²) in [5, 5.41) is 8.73. The molecule has 0 saturated heterocycles. The maximum Gasteiger partial charge on any atom is 0.330 e. The van der Waals surface area contributed by atoms with Crippen LogP contribution in [0.1, 0.15) is 91.4 Å². The molecule has 118 valence electrons. The summed E-state index contributed by atoms with van der Waals surface area (Å²) in [6.45, 7) is 6.30. The van der Waals surface area contributed by atoms with Crippen LogP contribution < -0.4 is 0 Å². The molecule has 2 nitrogen and oxygen atoms in total. The molecule has 20 heavy (non-hydrogen) atoms. The first kappa shape index (κ1) is 19.2. The number of aliphatic carboxylic acids is 1. The van der Waals surface area contributed by atoms with Crippen molar-refractivity contribution in [1.82, 2.24) is 0 Å². The van der Waals surface area contributed by atoms with Gasteiger partial charge in [0, 0.05) is 5.57 Å². The molecule has 0 aliphatic rings. The third-order valence-electron chi connectivity index (χ3n) is 3.99. The monoisotopic (exact) mass is 282 g/mol. The van der Waals surface area contributed by atoms with E-state index >= 15 is 0 Å². The summed E-state index contributed by atoms with van der Waals surface area (Å²) in [6.07, 6.45) is 16.0. The fraction of sp³-hybridized carbons (Fsp3) is 0.833. The molecule has 0 aliphatic carbocycles. The molecule has 2 heteroatoms. The van der Waals surface area contributed by atoms with E-state index in [4.69, 9.17) is 5.11 Å². The highest BCUT2D eigenvalue weighted by Crippen LogP contribution is 2.18. The van der Waals surface area contributed by atoms with E-state index in [1.165, 1.54) is 57.8 Å². The van der Waals surface area contributed by atoms with Crippen molar-refractivity contribution in [2.45, 2.75) is 91.4 Å². The summed E-state index contributed by atoms with van der Waals surface area (Å²) in [5.41, 5.74) is 0.477. The van der Waals surface area contributed by atoms with Crippen LogP contribution in [0.25, 0.3) is 0 Å². The van der Waals surface area contributed by atoms with E-state index in [9.17, 15) is 4.79 Å². The Morgan fingerprint density at radius 2 is 1.55 bits per heavy atom. The molecular formula is C18H34O2. The second-order valence-corrected chi connectivity index (χ2v) is 6.14. The Balaban J connectivity index is 3.37. The van der Waals surface area contributed by atoms with Crippen LogP contribution in [0, 0.1) is 5.92 Å². The summed E-state index contributed by atoms with van der Waals surface area (Å²) in [7, 11) is 0. The van der Waals surface area contributed by atoms with Crippen molar-refractivity contribution in [3.8, 4) is 0 Å². The van der Waals surface area contributed by atoms with Crippen molar-refractivity contribution in [2.75, 3.05) is 0 Å². The lowest BCUT2D eigenvalue weighted by molar-refractivity contribution is -0.132. The van der Waals surface area contributed by atoms with Gasteiger partial charge in [0.05, 0.1) is 0 Å². The first-order valence-electron chi connectivity index (χ1n) is 8.48. The second kappa shape index (κ2) is 13.2. The van der Waals surface area contributed by atoms with Gasteiger partial charge >= 0.3 is 5.97 Å². The number of hydrogen-bond acceptors (Lipinski definition) is 1. The molecule has 1 N–H and O–H groups in total. The largest absolute Gasteiger partial charge is 0.478 e. The van der Waals surface area contributed by atoms with E-state index in [1.807, 2.05) is 6.08 Å². The van der Waals surface area contributed by atoms with Crippen LogP contribution in [-0.2, 0) is 4.79 Å². The lowest BCUT2D eigenvalue weighted by atomic mass is 9.96. The minimum absolute atomic E-state index is 0.477. The molecule has 0 fully saturated rings. The van der Waals surface area contributed by atoms with Gasteiger partial charge in [-0.05, 0) is 25.7 Å². The summed E-state index contributed by atoms with van der Waals surface area (Å²) >= 11 is 0. The van der Waals surface area contributed by atoms with Crippen molar-refractivity contribution < 1.29 is 9.90 Å². The van der Waals surface area contributed by atoms with E-state index in [2.05, 4.69) is 13.8 Å². The van der Waals surface area contributed by atoms with Gasteiger partial charge in [0.2, 0.25) is 0 Å². The zero-order chi connectivity index (χ0) is 15.2. The summed E-state index contributed by atoms with van der Waals surface area (Å²) in [4.78, 5) is 10.6. The molecule has 0 heterocycles. The predicted octanol–water partition coefficient (Wildman–Crippen LogP) is 5.96. The lowest BCUT2D eigenvalue weighted by Crippen LogP contribution is -1.96. The molecular weight excluding hydrogens is 248 g/mol. The van der Waals surface area contributed by atoms with Gasteiger partial charge in [-0.25, -0.2) is 4.79 Å². The van der Waals surface area contributed by atoms with Gasteiger partial charge in [0.15, 0.2) is 0 Å². The number of carboxylic acid groups (broad SMARTS) is 1. The van der Waals surface area contributed by atoms with E-state index in [1.54, 1.807) is 6.92 Å². The van der Waals surface area contributed by atoms with Crippen LogP contribution in [0.3, 0.4) is 0 Å². The molecule has 0 aromatic heterocycles. The highest BCUT2D eigenvalue weighted by Gasteiger charge is 2.02. The third kappa shape index (κ3) is 12.3. The maximum atomic E-state index is 10.6. The third-order valence-corrected chi connectivity index (χ3v) is 3.99. The first-order chi connectivity index (χ1) is 9.57. The molecule has 0 radical (unpaired) electrons. The minimum atomic E-state index is -0.790. The molecule has 0 aromatic carbocycles. The highest BCUT2D eigenvalue weighted by molar-refractivity contribution is 5.85. The van der Waals surface area contributed by atoms with Crippen molar-refractivity contribution in [1.29, 1.82) is 0 Å². The van der Waals surface area contributed by atoms with Gasteiger partial charge in [-0.2, -0.15) is 0 Å². The van der Waals surface area contributed by atoms with E-state index < -0.39 is 5.97 Å². The zero-order valence-electron chi connectivity index (χ0n) is 13.8. The number of unbranched alkanes of at least 4 members (excludes halogenated alkanes) is 7. The molecule has 1 unspecified atom stereocenters. The Morgan fingerprint density at radius 1 is 1.00 bits per heavy atom. The number of allylic oxidation sites excluding steroid dienone is 1. The smallest absolute Gasteiger partial charge is 0.330 e. The van der Waals surface area contributed by atoms with Crippen molar-refractivity contribution in [3.05, 3.63) is 11.6 Å². The number of carboxylic acids is 1. The Bertz CT molecular complexity index is 269. The Morgan fingerprint density at radius 3 is 2.10 bits per heavy atom. The quantitative estimate of drug-likeness (QED) is 0.334. The Kier molecular flexibility index (Phi) is 12.7. The number of carbonyl (C=O) groups is 1. The molecule has 0 aromatic rings.